The van der Waals surface area contributed by atoms with Crippen LogP contribution in [0.5, 0.6) is 0 Å². The van der Waals surface area contributed by atoms with Crippen LogP contribution in [0.2, 0.25) is 0 Å². The van der Waals surface area contributed by atoms with Crippen molar-refractivity contribution >= 4 is 15.8 Å². The van der Waals surface area contributed by atoms with Gasteiger partial charge in [0.1, 0.15) is 5.25 Å². The van der Waals surface area contributed by atoms with E-state index in [-0.39, 0.29) is 5.75 Å². The second-order valence-corrected chi connectivity index (χ2v) is 7.64. The molecule has 1 aromatic carbocycles. The molecule has 1 saturated carbocycles. The zero-order chi connectivity index (χ0) is 15.8. The lowest BCUT2D eigenvalue weighted by atomic mass is 9.99. The van der Waals surface area contributed by atoms with E-state index in [1.54, 1.807) is 18.2 Å². The van der Waals surface area contributed by atoms with Crippen LogP contribution in [0, 0.1) is 16.7 Å². The van der Waals surface area contributed by atoms with Gasteiger partial charge in [0, 0.05) is 11.7 Å². The second-order valence-electron chi connectivity index (χ2n) is 5.23. The molecule has 0 amide bonds. The van der Waals surface area contributed by atoms with Gasteiger partial charge < -0.3 is 5.11 Å². The lowest BCUT2D eigenvalue weighted by Gasteiger charge is -2.03. The first-order chi connectivity index (χ1) is 9.85. The summed E-state index contributed by atoms with van der Waals surface area (Å²) in [6, 6.07) is 8.87. The van der Waals surface area contributed by atoms with Crippen LogP contribution in [0.15, 0.2) is 24.3 Å². The molecule has 1 aliphatic rings. The van der Waals surface area contributed by atoms with Gasteiger partial charge in [-0.15, -0.1) is 0 Å². The minimum Gasteiger partial charge on any atom is -0.480 e. The molecule has 0 aromatic heterocycles. The van der Waals surface area contributed by atoms with Crippen LogP contribution in [0.1, 0.15) is 30.9 Å². The normalized spacial score (nSPS) is 27.9. The summed E-state index contributed by atoms with van der Waals surface area (Å²) in [7, 11) is -3.61. The van der Waals surface area contributed by atoms with E-state index in [2.05, 4.69) is 0 Å². The Balaban J connectivity index is 2.50. The molecule has 1 fully saturated rings. The highest BCUT2D eigenvalue weighted by Gasteiger charge is 2.76. The number of benzene rings is 1. The first-order valence-corrected chi connectivity index (χ1v) is 8.51. The number of nitriles is 1. The molecule has 1 aliphatic carbocycles. The van der Waals surface area contributed by atoms with Crippen LogP contribution in [0.25, 0.3) is 0 Å². The van der Waals surface area contributed by atoms with E-state index in [0.29, 0.717) is 5.56 Å². The fourth-order valence-corrected chi connectivity index (χ4v) is 4.79. The third-order valence-corrected chi connectivity index (χ3v) is 6.43. The van der Waals surface area contributed by atoms with Gasteiger partial charge in [0.25, 0.3) is 0 Å². The van der Waals surface area contributed by atoms with Crippen molar-refractivity contribution in [3.05, 3.63) is 35.4 Å². The number of aryl methyl sites for hydroxylation is 1. The van der Waals surface area contributed by atoms with Crippen LogP contribution in [0.3, 0.4) is 0 Å². The van der Waals surface area contributed by atoms with Gasteiger partial charge in [-0.25, -0.2) is 8.42 Å². The monoisotopic (exact) mass is 307 g/mol. The zero-order valence-corrected chi connectivity index (χ0v) is 12.7. The van der Waals surface area contributed by atoms with Gasteiger partial charge in [0.2, 0.25) is 0 Å². The highest BCUT2D eigenvalue weighted by molar-refractivity contribution is 7.92. The summed E-state index contributed by atoms with van der Waals surface area (Å²) in [5, 5.41) is 17.5. The quantitative estimate of drug-likeness (QED) is 0.894. The average Bonchev–Trinajstić information content (AvgIpc) is 3.19. The number of carbonyl (C=O) groups is 1. The van der Waals surface area contributed by atoms with E-state index < -0.39 is 32.4 Å². The van der Waals surface area contributed by atoms with Gasteiger partial charge in [0.15, 0.2) is 15.3 Å². The third-order valence-electron chi connectivity index (χ3n) is 4.21. The first-order valence-electron chi connectivity index (χ1n) is 6.80. The van der Waals surface area contributed by atoms with Crippen molar-refractivity contribution in [1.29, 1.82) is 5.26 Å². The number of nitrogens with zero attached hydrogens (tertiary/aromatic N) is 1. The number of carboxylic acids is 1. The third kappa shape index (κ3) is 2.22. The van der Waals surface area contributed by atoms with E-state index in [1.165, 1.54) is 6.92 Å². The Hall–Kier alpha value is -1.87. The maximum Gasteiger partial charge on any atom is 0.326 e. The lowest BCUT2D eigenvalue weighted by Crippen LogP contribution is -2.23. The summed E-state index contributed by atoms with van der Waals surface area (Å²) in [6.45, 7) is 3.46. The maximum absolute atomic E-state index is 12.1. The molecule has 0 aliphatic heterocycles. The Morgan fingerprint density at radius 1 is 1.33 bits per heavy atom. The van der Waals surface area contributed by atoms with Gasteiger partial charge in [-0.2, -0.15) is 5.26 Å². The van der Waals surface area contributed by atoms with Crippen molar-refractivity contribution in [3.63, 3.8) is 0 Å². The van der Waals surface area contributed by atoms with E-state index in [1.807, 2.05) is 19.1 Å². The number of carboxylic acid groups (broad SMARTS) is 1. The molecule has 3 atom stereocenters. The topological polar surface area (TPSA) is 95.2 Å². The van der Waals surface area contributed by atoms with Crippen molar-refractivity contribution in [3.8, 4) is 6.07 Å². The molecule has 2 rings (SSSR count). The summed E-state index contributed by atoms with van der Waals surface area (Å²) in [4.78, 5) is 11.5. The Labute approximate surface area is 124 Å². The van der Waals surface area contributed by atoms with Crippen molar-refractivity contribution in [2.75, 3.05) is 5.75 Å². The van der Waals surface area contributed by atoms with Crippen LogP contribution in [-0.2, 0) is 21.1 Å². The summed E-state index contributed by atoms with van der Waals surface area (Å²) in [5.74, 6) is -2.33. The average molecular weight is 307 g/mol. The highest BCUT2D eigenvalue weighted by Crippen LogP contribution is 2.63. The van der Waals surface area contributed by atoms with Crippen molar-refractivity contribution < 1.29 is 18.3 Å². The maximum atomic E-state index is 12.1. The summed E-state index contributed by atoms with van der Waals surface area (Å²) in [6.07, 6.45) is 0.837. The van der Waals surface area contributed by atoms with Gasteiger partial charge in [-0.1, -0.05) is 38.1 Å². The van der Waals surface area contributed by atoms with Gasteiger partial charge in [-0.05, 0) is 17.5 Å². The van der Waals surface area contributed by atoms with Gasteiger partial charge in [-0.3, -0.25) is 4.79 Å². The van der Waals surface area contributed by atoms with Crippen molar-refractivity contribution in [2.45, 2.75) is 31.4 Å². The van der Waals surface area contributed by atoms with E-state index >= 15 is 0 Å². The first kappa shape index (κ1) is 15.5. The molecular weight excluding hydrogens is 290 g/mol. The molecular formula is C15H17NO4S. The molecule has 0 bridgehead atoms. The molecule has 112 valence electrons. The Morgan fingerprint density at radius 2 is 1.90 bits per heavy atom. The second kappa shape index (κ2) is 5.15. The number of hydrogen-bond acceptors (Lipinski definition) is 4. The van der Waals surface area contributed by atoms with Gasteiger partial charge >= 0.3 is 5.97 Å². The molecule has 1 N–H and O–H groups in total. The van der Waals surface area contributed by atoms with Crippen LogP contribution in [0.4, 0.5) is 0 Å². The minimum absolute atomic E-state index is 0.169. The number of rotatable bonds is 5. The molecule has 6 heteroatoms. The standard InChI is InChI=1S/C15H17NO4S/c1-3-10-5-7-11(8-6-10)12-13(21(19,20)4-2)15(12,9-16)14(17)18/h5-8,12-13H,3-4H2,1-2H3,(H,17,18)/t12-,13+,15+/m1/s1. The number of sulfone groups is 1. The molecule has 0 saturated heterocycles. The Morgan fingerprint density at radius 3 is 2.29 bits per heavy atom. The molecule has 0 heterocycles. The largest absolute Gasteiger partial charge is 0.480 e. The van der Waals surface area contributed by atoms with E-state index in [4.69, 9.17) is 0 Å². The van der Waals surface area contributed by atoms with Crippen molar-refractivity contribution in [2.24, 2.45) is 5.41 Å². The fourth-order valence-electron chi connectivity index (χ4n) is 2.86. The lowest BCUT2D eigenvalue weighted by molar-refractivity contribution is -0.141. The SMILES string of the molecule is CCc1ccc([C@@H]2[C@H](S(=O)(=O)CC)[C@@]2(C#N)C(=O)O)cc1. The zero-order valence-electron chi connectivity index (χ0n) is 11.9. The van der Waals surface area contributed by atoms with Crippen molar-refractivity contribution in [1.82, 2.24) is 0 Å². The smallest absolute Gasteiger partial charge is 0.326 e. The van der Waals surface area contributed by atoms with E-state index in [0.717, 1.165) is 12.0 Å². The van der Waals surface area contributed by atoms with E-state index in [9.17, 15) is 23.6 Å². The molecule has 1 aromatic rings. The van der Waals surface area contributed by atoms with Crippen LogP contribution >= 0.6 is 0 Å². The summed E-state index contributed by atoms with van der Waals surface area (Å²) >= 11 is 0. The van der Waals surface area contributed by atoms with Gasteiger partial charge in [0.05, 0.1) is 6.07 Å². The number of hydrogen-bond donors (Lipinski definition) is 1. The molecule has 21 heavy (non-hydrogen) atoms. The molecule has 0 spiro atoms. The Kier molecular flexibility index (Phi) is 3.81. The number of aliphatic carboxylic acids is 1. The minimum atomic E-state index is -3.61. The Bertz CT molecular complexity index is 702. The van der Waals surface area contributed by atoms with Crippen LogP contribution in [-0.4, -0.2) is 30.5 Å². The molecule has 0 radical (unpaired) electrons. The predicted molar refractivity (Wildman–Crippen MR) is 77.5 cm³/mol. The highest BCUT2D eigenvalue weighted by atomic mass is 32.2. The van der Waals surface area contributed by atoms with Crippen LogP contribution < -0.4 is 0 Å². The summed E-state index contributed by atoms with van der Waals surface area (Å²) < 4.78 is 24.3. The summed E-state index contributed by atoms with van der Waals surface area (Å²) in [5.41, 5.74) is -0.187. The molecule has 0 unspecified atom stereocenters. The molecule has 5 nitrogen and oxygen atoms in total. The fraction of sp³-hybridized carbons (Fsp3) is 0.467. The predicted octanol–water partition coefficient (Wildman–Crippen LogP) is 1.74.